The number of nitrogens with zero attached hydrogens (tertiary/aromatic N) is 3. The first kappa shape index (κ1) is 16.8. The summed E-state index contributed by atoms with van der Waals surface area (Å²) < 4.78 is 7.69. The van der Waals surface area contributed by atoms with E-state index in [1.54, 1.807) is 18.3 Å². The van der Waals surface area contributed by atoms with Gasteiger partial charge in [-0.2, -0.15) is 0 Å². The normalized spacial score (nSPS) is 12.1. The van der Waals surface area contributed by atoms with Crippen LogP contribution in [-0.4, -0.2) is 27.2 Å². The second-order valence-corrected chi connectivity index (χ2v) is 5.91. The Bertz CT molecular complexity index is 957. The summed E-state index contributed by atoms with van der Waals surface area (Å²) in [6, 6.07) is 11.2. The van der Waals surface area contributed by atoms with Gasteiger partial charge in [-0.05, 0) is 31.5 Å². The molecule has 0 fully saturated rings. The van der Waals surface area contributed by atoms with Gasteiger partial charge in [0.1, 0.15) is 6.54 Å². The molecule has 0 bridgehead atoms. The molecule has 0 unspecified atom stereocenters. The maximum Gasteiger partial charge on any atom is 0.350 e. The number of methoxy groups -OCH3 is 1. The van der Waals surface area contributed by atoms with E-state index in [0.717, 1.165) is 15.8 Å². The second-order valence-electron chi connectivity index (χ2n) is 5.91. The highest BCUT2D eigenvalue weighted by Crippen LogP contribution is 2.15. The highest BCUT2D eigenvalue weighted by molar-refractivity contribution is 5.76. The fraction of sp³-hybridized carbons (Fsp3) is 0.278. The SMILES string of the molecule is COc1cccn2c(=O)n(CC(=O)N[C@@H](C)c3ccc(C)cc3)nc12. The van der Waals surface area contributed by atoms with Crippen molar-refractivity contribution in [3.05, 3.63) is 64.2 Å². The maximum absolute atomic E-state index is 12.4. The predicted octanol–water partition coefficient (Wildman–Crippen LogP) is 1.69. The number of fused-ring (bicyclic) bond motifs is 1. The first-order valence-electron chi connectivity index (χ1n) is 7.97. The molecule has 1 aromatic carbocycles. The van der Waals surface area contributed by atoms with Crippen molar-refractivity contribution in [3.8, 4) is 5.75 Å². The van der Waals surface area contributed by atoms with E-state index < -0.39 is 0 Å². The van der Waals surface area contributed by atoms with E-state index in [4.69, 9.17) is 4.74 Å². The van der Waals surface area contributed by atoms with Crippen LogP contribution < -0.4 is 15.7 Å². The van der Waals surface area contributed by atoms with Gasteiger partial charge in [-0.1, -0.05) is 29.8 Å². The number of hydrogen-bond donors (Lipinski definition) is 1. The van der Waals surface area contributed by atoms with Gasteiger partial charge in [0, 0.05) is 6.20 Å². The molecule has 1 atom stereocenters. The van der Waals surface area contributed by atoms with Crippen molar-refractivity contribution in [3.63, 3.8) is 0 Å². The molecule has 25 heavy (non-hydrogen) atoms. The van der Waals surface area contributed by atoms with Crippen LogP contribution in [0.15, 0.2) is 47.4 Å². The highest BCUT2D eigenvalue weighted by atomic mass is 16.5. The van der Waals surface area contributed by atoms with Crippen molar-refractivity contribution in [1.82, 2.24) is 19.5 Å². The Balaban J connectivity index is 1.77. The molecule has 0 radical (unpaired) electrons. The van der Waals surface area contributed by atoms with Crippen LogP contribution in [0.2, 0.25) is 0 Å². The Kier molecular flexibility index (Phi) is 4.56. The Labute approximate surface area is 144 Å². The number of hydrogen-bond acceptors (Lipinski definition) is 4. The van der Waals surface area contributed by atoms with Crippen LogP contribution >= 0.6 is 0 Å². The molecule has 2 heterocycles. The lowest BCUT2D eigenvalue weighted by Gasteiger charge is -2.14. The summed E-state index contributed by atoms with van der Waals surface area (Å²) in [5.74, 6) is 0.198. The van der Waals surface area contributed by atoms with E-state index in [1.165, 1.54) is 11.5 Å². The number of ether oxygens (including phenoxy) is 1. The number of carbonyl (C=O) groups excluding carboxylic acids is 1. The zero-order chi connectivity index (χ0) is 18.0. The zero-order valence-electron chi connectivity index (χ0n) is 14.4. The number of aromatic nitrogens is 3. The van der Waals surface area contributed by atoms with Gasteiger partial charge in [0.25, 0.3) is 0 Å². The van der Waals surface area contributed by atoms with Crippen molar-refractivity contribution in [2.75, 3.05) is 7.11 Å². The molecule has 130 valence electrons. The minimum atomic E-state index is -0.382. The summed E-state index contributed by atoms with van der Waals surface area (Å²) in [6.45, 7) is 3.76. The average Bonchev–Trinajstić information content (AvgIpc) is 2.91. The number of carbonyl (C=O) groups is 1. The first-order valence-corrected chi connectivity index (χ1v) is 7.97. The molecule has 0 saturated carbocycles. The molecule has 2 aromatic heterocycles. The van der Waals surface area contributed by atoms with Gasteiger partial charge >= 0.3 is 5.69 Å². The van der Waals surface area contributed by atoms with E-state index in [2.05, 4.69) is 10.4 Å². The molecule has 3 rings (SSSR count). The zero-order valence-corrected chi connectivity index (χ0v) is 14.4. The summed E-state index contributed by atoms with van der Waals surface area (Å²) >= 11 is 0. The Morgan fingerprint density at radius 1 is 1.28 bits per heavy atom. The fourth-order valence-corrected chi connectivity index (χ4v) is 2.64. The van der Waals surface area contributed by atoms with Gasteiger partial charge < -0.3 is 10.1 Å². The summed E-state index contributed by atoms with van der Waals surface area (Å²) in [7, 11) is 1.51. The van der Waals surface area contributed by atoms with Crippen LogP contribution in [-0.2, 0) is 11.3 Å². The van der Waals surface area contributed by atoms with E-state index >= 15 is 0 Å². The summed E-state index contributed by atoms with van der Waals surface area (Å²) in [6.07, 6.45) is 1.59. The molecule has 0 aliphatic carbocycles. The van der Waals surface area contributed by atoms with Gasteiger partial charge in [0.2, 0.25) is 11.6 Å². The molecule has 1 N–H and O–H groups in total. The van der Waals surface area contributed by atoms with Crippen LogP contribution in [0.4, 0.5) is 0 Å². The minimum absolute atomic E-state index is 0.153. The standard InChI is InChI=1S/C18H20N4O3/c1-12-6-8-14(9-7-12)13(2)19-16(23)11-22-18(24)21-10-4-5-15(25-3)17(21)20-22/h4-10,13H,11H2,1-3H3,(H,19,23)/t13-/m0/s1. The first-order chi connectivity index (χ1) is 12.0. The predicted molar refractivity (Wildman–Crippen MR) is 93.7 cm³/mol. The van der Waals surface area contributed by atoms with Gasteiger partial charge in [0.05, 0.1) is 13.2 Å². The number of benzene rings is 1. The van der Waals surface area contributed by atoms with Gasteiger partial charge in [-0.3, -0.25) is 4.79 Å². The molecule has 0 spiro atoms. The number of rotatable bonds is 5. The Hall–Kier alpha value is -3.09. The fourth-order valence-electron chi connectivity index (χ4n) is 2.64. The third-order valence-corrected chi connectivity index (χ3v) is 4.04. The number of pyridine rings is 1. The molecule has 7 nitrogen and oxygen atoms in total. The topological polar surface area (TPSA) is 77.6 Å². The van der Waals surface area contributed by atoms with Gasteiger partial charge in [-0.25, -0.2) is 13.9 Å². The quantitative estimate of drug-likeness (QED) is 0.767. The number of nitrogens with one attached hydrogen (secondary N) is 1. The lowest BCUT2D eigenvalue weighted by molar-refractivity contribution is -0.122. The molecular weight excluding hydrogens is 320 g/mol. The van der Waals surface area contributed by atoms with Crippen LogP contribution in [0.3, 0.4) is 0 Å². The largest absolute Gasteiger partial charge is 0.493 e. The molecule has 0 aliphatic heterocycles. The highest BCUT2D eigenvalue weighted by Gasteiger charge is 2.15. The van der Waals surface area contributed by atoms with Gasteiger partial charge in [-0.15, -0.1) is 5.10 Å². The van der Waals surface area contributed by atoms with Gasteiger partial charge in [0.15, 0.2) is 5.75 Å². The maximum atomic E-state index is 12.4. The van der Waals surface area contributed by atoms with E-state index in [-0.39, 0.29) is 24.2 Å². The second kappa shape index (κ2) is 6.80. The summed E-state index contributed by atoms with van der Waals surface area (Å²) in [5.41, 5.74) is 2.16. The summed E-state index contributed by atoms with van der Waals surface area (Å²) in [4.78, 5) is 24.6. The van der Waals surface area contributed by atoms with Crippen molar-refractivity contribution in [2.24, 2.45) is 0 Å². The van der Waals surface area contributed by atoms with E-state index in [1.807, 2.05) is 38.1 Å². The Morgan fingerprint density at radius 2 is 2.00 bits per heavy atom. The van der Waals surface area contributed by atoms with E-state index in [9.17, 15) is 9.59 Å². The molecule has 0 aliphatic rings. The Morgan fingerprint density at radius 3 is 2.68 bits per heavy atom. The van der Waals surface area contributed by atoms with Crippen LogP contribution in [0, 0.1) is 6.92 Å². The summed E-state index contributed by atoms with van der Waals surface area (Å²) in [5, 5.41) is 7.08. The third kappa shape index (κ3) is 3.40. The lowest BCUT2D eigenvalue weighted by atomic mass is 10.1. The number of aryl methyl sites for hydroxylation is 1. The van der Waals surface area contributed by atoms with Crippen LogP contribution in [0.25, 0.3) is 5.65 Å². The third-order valence-electron chi connectivity index (χ3n) is 4.04. The van der Waals surface area contributed by atoms with Crippen LogP contribution in [0.5, 0.6) is 5.75 Å². The average molecular weight is 340 g/mol. The van der Waals surface area contributed by atoms with Crippen molar-refractivity contribution < 1.29 is 9.53 Å². The molecular formula is C18H20N4O3. The molecule has 7 heteroatoms. The monoisotopic (exact) mass is 340 g/mol. The van der Waals surface area contributed by atoms with Crippen molar-refractivity contribution >= 4 is 11.6 Å². The van der Waals surface area contributed by atoms with Crippen molar-refractivity contribution in [2.45, 2.75) is 26.4 Å². The molecule has 0 saturated heterocycles. The number of amides is 1. The minimum Gasteiger partial charge on any atom is -0.493 e. The lowest BCUT2D eigenvalue weighted by Crippen LogP contribution is -2.34. The van der Waals surface area contributed by atoms with Crippen molar-refractivity contribution in [1.29, 1.82) is 0 Å². The smallest absolute Gasteiger partial charge is 0.350 e. The van der Waals surface area contributed by atoms with E-state index in [0.29, 0.717) is 11.4 Å². The molecule has 3 aromatic rings. The molecule has 1 amide bonds. The van der Waals surface area contributed by atoms with Crippen LogP contribution in [0.1, 0.15) is 24.1 Å².